The Morgan fingerprint density at radius 3 is 2.31 bits per heavy atom. The summed E-state index contributed by atoms with van der Waals surface area (Å²) in [6.45, 7) is 6.66. The highest BCUT2D eigenvalue weighted by Gasteiger charge is 2.38. The van der Waals surface area contributed by atoms with Crippen molar-refractivity contribution in [2.45, 2.75) is 51.7 Å². The number of hydrogen-bond acceptors (Lipinski definition) is 3. The molecule has 0 aromatic heterocycles. The van der Waals surface area contributed by atoms with Crippen molar-refractivity contribution in [1.29, 1.82) is 0 Å². The molecule has 0 aliphatic carbocycles. The molecular formula is C11H20BClO3. The van der Waals surface area contributed by atoms with Crippen LogP contribution < -0.4 is 0 Å². The van der Waals surface area contributed by atoms with Crippen molar-refractivity contribution in [3.63, 3.8) is 0 Å². The number of rotatable bonds is 5. The van der Waals surface area contributed by atoms with E-state index < -0.39 is 18.3 Å². The van der Waals surface area contributed by atoms with Crippen LogP contribution in [0, 0.1) is 11.7 Å². The zero-order valence-corrected chi connectivity index (χ0v) is 11.1. The van der Waals surface area contributed by atoms with Crippen LogP contribution in [0.3, 0.4) is 0 Å². The first-order chi connectivity index (χ1) is 7.20. The molecule has 0 rings (SSSR count). The van der Waals surface area contributed by atoms with Gasteiger partial charge in [0, 0.05) is 12.3 Å². The van der Waals surface area contributed by atoms with E-state index >= 15 is 0 Å². The summed E-state index contributed by atoms with van der Waals surface area (Å²) in [7, 11) is -1.18. The van der Waals surface area contributed by atoms with Gasteiger partial charge in [-0.05, 0) is 34.1 Å². The van der Waals surface area contributed by atoms with Crippen LogP contribution in [0.2, 0.25) is 0 Å². The molecule has 0 aromatic rings. The topological polar surface area (TPSA) is 49.7 Å². The molecule has 0 saturated carbocycles. The summed E-state index contributed by atoms with van der Waals surface area (Å²) in [5.41, 5.74) is -1.92. The van der Waals surface area contributed by atoms with Gasteiger partial charge < -0.3 is 14.8 Å². The Hall–Kier alpha value is -0.205. The zero-order valence-electron chi connectivity index (χ0n) is 10.4. The molecule has 0 aromatic carbocycles. The summed E-state index contributed by atoms with van der Waals surface area (Å²) in [5.74, 6) is 5.88. The normalized spacial score (nSPS) is 11.9. The van der Waals surface area contributed by atoms with Crippen LogP contribution >= 0.6 is 11.6 Å². The number of halogens is 1. The molecular weight excluding hydrogens is 226 g/mol. The molecule has 2 N–H and O–H groups in total. The van der Waals surface area contributed by atoms with Gasteiger partial charge in [0.2, 0.25) is 0 Å². The van der Waals surface area contributed by atoms with Crippen molar-refractivity contribution >= 4 is 18.7 Å². The molecule has 0 aliphatic heterocycles. The van der Waals surface area contributed by atoms with Gasteiger partial charge in [0.25, 0.3) is 0 Å². The Bertz CT molecular complexity index is 263. The van der Waals surface area contributed by atoms with E-state index in [2.05, 4.69) is 11.7 Å². The van der Waals surface area contributed by atoms with Gasteiger partial charge in [-0.2, -0.15) is 0 Å². The number of unbranched alkanes of at least 4 members (excludes halogenated alkanes) is 1. The van der Waals surface area contributed by atoms with E-state index in [0.29, 0.717) is 12.3 Å². The Balaban J connectivity index is 4.22. The third-order valence-corrected chi connectivity index (χ3v) is 2.81. The van der Waals surface area contributed by atoms with Crippen LogP contribution in [0.15, 0.2) is 0 Å². The van der Waals surface area contributed by atoms with Gasteiger partial charge in [0.1, 0.15) is 0 Å². The van der Waals surface area contributed by atoms with E-state index in [1.807, 2.05) is 0 Å². The average Bonchev–Trinajstić information content (AvgIpc) is 2.10. The minimum atomic E-state index is -1.18. The molecule has 0 spiro atoms. The first-order valence-corrected chi connectivity index (χ1v) is 5.87. The van der Waals surface area contributed by atoms with Gasteiger partial charge in [0.15, 0.2) is 0 Å². The molecule has 0 saturated heterocycles. The lowest BCUT2D eigenvalue weighted by molar-refractivity contribution is -0.0981. The molecule has 0 atom stereocenters. The second kappa shape index (κ2) is 6.51. The third kappa shape index (κ3) is 5.76. The van der Waals surface area contributed by atoms with E-state index in [1.54, 1.807) is 27.7 Å². The summed E-state index contributed by atoms with van der Waals surface area (Å²) < 4.78 is 5.28. The maximum absolute atomic E-state index is 9.80. The summed E-state index contributed by atoms with van der Waals surface area (Å²) >= 11 is 5.49. The van der Waals surface area contributed by atoms with E-state index in [1.165, 1.54) is 0 Å². The Kier molecular flexibility index (Phi) is 6.43. The van der Waals surface area contributed by atoms with Crippen LogP contribution in [0.1, 0.15) is 40.5 Å². The maximum atomic E-state index is 9.80. The fourth-order valence-electron chi connectivity index (χ4n) is 0.767. The fraction of sp³-hybridized carbons (Fsp3) is 0.818. The molecule has 92 valence electrons. The lowest BCUT2D eigenvalue weighted by atomic mass is 9.84. The second-order valence-corrected chi connectivity index (χ2v) is 5.03. The van der Waals surface area contributed by atoms with Gasteiger partial charge >= 0.3 is 7.12 Å². The predicted octanol–water partition coefficient (Wildman–Crippen LogP) is 1.59. The number of hydrogen-bond donors (Lipinski definition) is 2. The molecule has 0 fully saturated rings. The average molecular weight is 247 g/mol. The van der Waals surface area contributed by atoms with Crippen LogP contribution in [-0.4, -0.2) is 34.3 Å². The number of alkyl halides is 1. The van der Waals surface area contributed by atoms with Crippen molar-refractivity contribution in [3.8, 4) is 11.7 Å². The first-order valence-electron chi connectivity index (χ1n) is 5.33. The predicted molar refractivity (Wildman–Crippen MR) is 67.2 cm³/mol. The SMILES string of the molecule is CC(C)(O)C(C)(C)OB(O)C#CCCCCl. The van der Waals surface area contributed by atoms with Crippen molar-refractivity contribution in [1.82, 2.24) is 0 Å². The minimum absolute atomic E-state index is 0.556. The van der Waals surface area contributed by atoms with Crippen molar-refractivity contribution < 1.29 is 14.8 Å². The lowest BCUT2D eigenvalue weighted by Crippen LogP contribution is -2.50. The smallest absolute Gasteiger partial charge is 0.416 e. The highest BCUT2D eigenvalue weighted by atomic mass is 35.5. The van der Waals surface area contributed by atoms with E-state index in [0.717, 1.165) is 6.42 Å². The molecule has 0 bridgehead atoms. The Morgan fingerprint density at radius 1 is 1.31 bits per heavy atom. The Morgan fingerprint density at radius 2 is 1.88 bits per heavy atom. The van der Waals surface area contributed by atoms with Crippen LogP contribution in [0.5, 0.6) is 0 Å². The molecule has 16 heavy (non-hydrogen) atoms. The fourth-order valence-corrected chi connectivity index (χ4v) is 0.901. The maximum Gasteiger partial charge on any atom is 0.547 e. The zero-order chi connectivity index (χ0) is 12.8. The van der Waals surface area contributed by atoms with Crippen LogP contribution in [-0.2, 0) is 4.65 Å². The molecule has 0 amide bonds. The van der Waals surface area contributed by atoms with Crippen molar-refractivity contribution in [3.05, 3.63) is 0 Å². The van der Waals surface area contributed by atoms with Crippen LogP contribution in [0.25, 0.3) is 0 Å². The van der Waals surface area contributed by atoms with Crippen molar-refractivity contribution in [2.75, 3.05) is 5.88 Å². The van der Waals surface area contributed by atoms with Gasteiger partial charge in [0.05, 0.1) is 11.2 Å². The summed E-state index contributed by atoms with van der Waals surface area (Å²) in [6, 6.07) is 0. The molecule has 0 radical (unpaired) electrons. The lowest BCUT2D eigenvalue weighted by Gasteiger charge is -2.37. The van der Waals surface area contributed by atoms with Crippen molar-refractivity contribution in [2.24, 2.45) is 0 Å². The first kappa shape index (κ1) is 15.8. The van der Waals surface area contributed by atoms with E-state index in [9.17, 15) is 10.1 Å². The molecule has 0 aliphatic rings. The monoisotopic (exact) mass is 246 g/mol. The molecule has 0 heterocycles. The number of aliphatic hydroxyl groups is 1. The summed E-state index contributed by atoms with van der Waals surface area (Å²) in [4.78, 5) is 0. The van der Waals surface area contributed by atoms with E-state index in [-0.39, 0.29) is 0 Å². The van der Waals surface area contributed by atoms with Crippen LogP contribution in [0.4, 0.5) is 0 Å². The largest absolute Gasteiger partial charge is 0.547 e. The standard InChI is InChI=1S/C11H20BClO3/c1-10(2,14)11(3,4)16-12(15)8-6-5-7-9-13/h14-15H,5,7,9H2,1-4H3. The second-order valence-electron chi connectivity index (χ2n) is 4.65. The highest BCUT2D eigenvalue weighted by molar-refractivity contribution is 6.53. The van der Waals surface area contributed by atoms with E-state index in [4.69, 9.17) is 16.3 Å². The third-order valence-electron chi connectivity index (χ3n) is 2.54. The van der Waals surface area contributed by atoms with Gasteiger partial charge in [-0.25, -0.2) is 0 Å². The quantitative estimate of drug-likeness (QED) is 0.335. The Labute approximate surface area is 103 Å². The summed E-state index contributed by atoms with van der Waals surface area (Å²) in [5, 5.41) is 19.3. The van der Waals surface area contributed by atoms with Gasteiger partial charge in [-0.3, -0.25) is 0 Å². The molecule has 0 unspecified atom stereocenters. The summed E-state index contributed by atoms with van der Waals surface area (Å²) in [6.07, 6.45) is 1.42. The van der Waals surface area contributed by atoms with Gasteiger partial charge in [-0.15, -0.1) is 17.5 Å². The molecule has 5 heteroatoms. The molecule has 3 nitrogen and oxygen atoms in total. The van der Waals surface area contributed by atoms with Gasteiger partial charge in [-0.1, -0.05) is 5.82 Å². The highest BCUT2D eigenvalue weighted by Crippen LogP contribution is 2.25. The minimum Gasteiger partial charge on any atom is -0.416 e.